The van der Waals surface area contributed by atoms with E-state index in [1.165, 1.54) is 21.3 Å². The van der Waals surface area contributed by atoms with E-state index in [0.717, 1.165) is 0 Å². The predicted octanol–water partition coefficient (Wildman–Crippen LogP) is 3.79. The molecule has 0 N–H and O–H groups in total. The van der Waals surface area contributed by atoms with Gasteiger partial charge in [-0.15, -0.1) is 6.58 Å². The van der Waals surface area contributed by atoms with E-state index in [0.29, 0.717) is 12.0 Å². The highest BCUT2D eigenvalue weighted by molar-refractivity contribution is 6.74. The first-order valence-electron chi connectivity index (χ1n) is 9.91. The quantitative estimate of drug-likeness (QED) is 0.168. The third kappa shape index (κ3) is 4.86. The van der Waals surface area contributed by atoms with Crippen molar-refractivity contribution in [1.82, 2.24) is 0 Å². The summed E-state index contributed by atoms with van der Waals surface area (Å²) in [6.45, 7) is 18.5. The summed E-state index contributed by atoms with van der Waals surface area (Å²) < 4.78 is 21.1. The highest BCUT2D eigenvalue weighted by Crippen LogP contribution is 2.65. The zero-order valence-electron chi connectivity index (χ0n) is 19.5. The molecule has 0 aromatic rings. The van der Waals surface area contributed by atoms with Crippen molar-refractivity contribution >= 4 is 26.2 Å². The summed E-state index contributed by atoms with van der Waals surface area (Å²) in [4.78, 5) is 36.9. The smallest absolute Gasteiger partial charge is 0.320 e. The zero-order chi connectivity index (χ0) is 23.5. The number of methoxy groups -OCH3 is 3. The van der Waals surface area contributed by atoms with Gasteiger partial charge in [-0.05, 0) is 37.4 Å². The second-order valence-electron chi connectivity index (χ2n) is 9.44. The number of carbonyl (C=O) groups is 3. The maximum atomic E-state index is 12.8. The van der Waals surface area contributed by atoms with Crippen molar-refractivity contribution in [1.29, 1.82) is 0 Å². The van der Waals surface area contributed by atoms with Gasteiger partial charge >= 0.3 is 17.9 Å². The van der Waals surface area contributed by atoms with Crippen LogP contribution < -0.4 is 0 Å². The summed E-state index contributed by atoms with van der Waals surface area (Å²) in [5.41, 5.74) is -1.34. The van der Waals surface area contributed by atoms with Gasteiger partial charge in [0.2, 0.25) is 0 Å². The third-order valence-corrected chi connectivity index (χ3v) is 10.9. The van der Waals surface area contributed by atoms with E-state index >= 15 is 0 Å². The molecule has 1 aliphatic carbocycles. The first-order chi connectivity index (χ1) is 13.7. The van der Waals surface area contributed by atoms with E-state index in [2.05, 4.69) is 47.0 Å². The van der Waals surface area contributed by atoms with Gasteiger partial charge in [-0.1, -0.05) is 39.0 Å². The fraction of sp³-hybridized carbons (Fsp3) is 0.682. The Morgan fingerprint density at radius 2 is 1.57 bits per heavy atom. The van der Waals surface area contributed by atoms with Crippen molar-refractivity contribution in [2.45, 2.75) is 63.8 Å². The average Bonchev–Trinajstić information content (AvgIpc) is 3.30. The molecule has 0 radical (unpaired) electrons. The van der Waals surface area contributed by atoms with Gasteiger partial charge in [0.05, 0.1) is 26.9 Å². The van der Waals surface area contributed by atoms with Crippen LogP contribution in [0, 0.1) is 11.3 Å². The molecule has 0 bridgehead atoms. The summed E-state index contributed by atoms with van der Waals surface area (Å²) in [6.07, 6.45) is 2.29. The molecular weight excluding hydrogens is 404 g/mol. The molecule has 0 aliphatic heterocycles. The van der Waals surface area contributed by atoms with Crippen molar-refractivity contribution in [2.24, 2.45) is 11.3 Å². The van der Waals surface area contributed by atoms with Gasteiger partial charge in [0, 0.05) is 0 Å². The molecular formula is C22H36O7Si. The fourth-order valence-electron chi connectivity index (χ4n) is 3.52. The Kier molecular flexibility index (Phi) is 7.88. The van der Waals surface area contributed by atoms with Crippen LogP contribution in [-0.4, -0.2) is 53.2 Å². The van der Waals surface area contributed by atoms with E-state index in [-0.39, 0.29) is 17.9 Å². The molecule has 8 heteroatoms. The highest BCUT2D eigenvalue weighted by atomic mass is 28.4. The number of esters is 3. The van der Waals surface area contributed by atoms with Gasteiger partial charge < -0.3 is 18.6 Å². The number of carbonyl (C=O) groups excluding carboxylic acids is 3. The zero-order valence-corrected chi connectivity index (χ0v) is 20.5. The molecule has 1 aliphatic rings. The normalized spacial score (nSPS) is 23.5. The van der Waals surface area contributed by atoms with Crippen LogP contribution in [-0.2, 0) is 33.0 Å². The van der Waals surface area contributed by atoms with Gasteiger partial charge in [0.25, 0.3) is 0 Å². The van der Waals surface area contributed by atoms with Crippen LogP contribution in [0.3, 0.4) is 0 Å². The van der Waals surface area contributed by atoms with E-state index in [1.807, 2.05) is 0 Å². The molecule has 0 saturated heterocycles. The Labute approximate surface area is 180 Å². The van der Waals surface area contributed by atoms with Crippen LogP contribution in [0.15, 0.2) is 24.8 Å². The summed E-state index contributed by atoms with van der Waals surface area (Å²) in [7, 11) is 1.50. The van der Waals surface area contributed by atoms with Crippen molar-refractivity contribution in [2.75, 3.05) is 21.3 Å². The van der Waals surface area contributed by atoms with Gasteiger partial charge in [0.15, 0.2) is 14.2 Å². The summed E-state index contributed by atoms with van der Waals surface area (Å²) in [6, 6.07) is 0. The van der Waals surface area contributed by atoms with Gasteiger partial charge in [0.1, 0.15) is 5.41 Å². The van der Waals surface area contributed by atoms with E-state index in [4.69, 9.17) is 18.6 Å². The first kappa shape index (κ1) is 26.1. The molecule has 1 fully saturated rings. The van der Waals surface area contributed by atoms with Crippen LogP contribution in [0.2, 0.25) is 18.1 Å². The van der Waals surface area contributed by atoms with Crippen molar-refractivity contribution in [3.05, 3.63) is 24.8 Å². The SMILES string of the molecule is C=CC1(O[Si](C)(C)C(C)(C)C)CC1(CC(=C)CC(C(=O)OC)C(=O)OC)C(=O)OC. The Hall–Kier alpha value is -1.93. The predicted molar refractivity (Wildman–Crippen MR) is 116 cm³/mol. The number of hydrogen-bond acceptors (Lipinski definition) is 7. The van der Waals surface area contributed by atoms with Crippen molar-refractivity contribution in [3.8, 4) is 0 Å². The number of allylic oxidation sites excluding steroid dienone is 1. The van der Waals surface area contributed by atoms with Gasteiger partial charge in [-0.2, -0.15) is 0 Å². The summed E-state index contributed by atoms with van der Waals surface area (Å²) in [5.74, 6) is -2.98. The van der Waals surface area contributed by atoms with E-state index in [9.17, 15) is 14.4 Å². The minimum atomic E-state index is -2.23. The molecule has 1 saturated carbocycles. The lowest BCUT2D eigenvalue weighted by molar-refractivity contribution is -0.158. The highest BCUT2D eigenvalue weighted by Gasteiger charge is 2.74. The molecule has 0 amide bonds. The lowest BCUT2D eigenvalue weighted by Crippen LogP contribution is -2.47. The Morgan fingerprint density at radius 1 is 1.07 bits per heavy atom. The fourth-order valence-corrected chi connectivity index (χ4v) is 5.08. The first-order valence-corrected chi connectivity index (χ1v) is 12.8. The second-order valence-corrected chi connectivity index (χ2v) is 14.2. The van der Waals surface area contributed by atoms with E-state index in [1.54, 1.807) is 6.08 Å². The average molecular weight is 441 g/mol. The lowest BCUT2D eigenvalue weighted by atomic mass is 9.88. The van der Waals surface area contributed by atoms with Crippen LogP contribution in [0.25, 0.3) is 0 Å². The molecule has 0 aromatic carbocycles. The van der Waals surface area contributed by atoms with Crippen molar-refractivity contribution in [3.63, 3.8) is 0 Å². The maximum Gasteiger partial charge on any atom is 0.320 e. The molecule has 0 heterocycles. The minimum Gasteiger partial charge on any atom is -0.468 e. The maximum absolute atomic E-state index is 12.8. The van der Waals surface area contributed by atoms with Crippen molar-refractivity contribution < 1.29 is 33.0 Å². The number of hydrogen-bond donors (Lipinski definition) is 0. The van der Waals surface area contributed by atoms with Gasteiger partial charge in [-0.3, -0.25) is 14.4 Å². The molecule has 170 valence electrons. The topological polar surface area (TPSA) is 88.1 Å². The molecule has 2 atom stereocenters. The standard InChI is InChI=1S/C22H36O7Si/c1-11-22(29-30(9,10)20(3,4)5)14-21(22,19(25)28-8)13-15(2)12-16(17(23)26-6)18(24)27-7/h11,16H,1-2,12-14H2,3-10H3. The molecule has 30 heavy (non-hydrogen) atoms. The molecule has 0 spiro atoms. The Bertz CT molecular complexity index is 705. The largest absolute Gasteiger partial charge is 0.468 e. The number of ether oxygens (including phenoxy) is 3. The van der Waals surface area contributed by atoms with E-state index < -0.39 is 43.2 Å². The third-order valence-electron chi connectivity index (χ3n) is 6.41. The lowest BCUT2D eigenvalue weighted by Gasteiger charge is -2.40. The summed E-state index contributed by atoms with van der Waals surface area (Å²) in [5, 5.41) is -0.0642. The van der Waals surface area contributed by atoms with Gasteiger partial charge in [-0.25, -0.2) is 0 Å². The second kappa shape index (κ2) is 9.06. The molecule has 0 aromatic heterocycles. The van der Waals surface area contributed by atoms with Crippen LogP contribution in [0.1, 0.15) is 40.0 Å². The van der Waals surface area contributed by atoms with Crippen LogP contribution >= 0.6 is 0 Å². The Morgan fingerprint density at radius 3 is 1.93 bits per heavy atom. The Balaban J connectivity index is 3.18. The molecule has 7 nitrogen and oxygen atoms in total. The summed E-state index contributed by atoms with van der Waals surface area (Å²) >= 11 is 0. The van der Waals surface area contributed by atoms with Crippen LogP contribution in [0.5, 0.6) is 0 Å². The number of rotatable bonds is 10. The molecule has 1 rings (SSSR count). The monoisotopic (exact) mass is 440 g/mol. The van der Waals surface area contributed by atoms with Crippen LogP contribution in [0.4, 0.5) is 0 Å². The molecule has 2 unspecified atom stereocenters. The minimum absolute atomic E-state index is 0.00536.